The summed E-state index contributed by atoms with van der Waals surface area (Å²) in [6.07, 6.45) is -1.49. The van der Waals surface area contributed by atoms with Crippen LogP contribution >= 0.6 is 11.6 Å². The highest BCUT2D eigenvalue weighted by Gasteiger charge is 2.34. The predicted molar refractivity (Wildman–Crippen MR) is 114 cm³/mol. The predicted octanol–water partition coefficient (Wildman–Crippen LogP) is 3.83. The monoisotopic (exact) mass is 469 g/mol. The molecule has 1 aromatic heterocycles. The van der Waals surface area contributed by atoms with E-state index in [-0.39, 0.29) is 34.8 Å². The number of ether oxygens (including phenoxy) is 1. The number of piperidine rings is 1. The Kier molecular flexibility index (Phi) is 6.43. The first-order chi connectivity index (χ1) is 15.3. The molecule has 0 atom stereocenters. The maximum Gasteiger partial charge on any atom is 0.416 e. The fraction of sp³-hybridized carbons (Fsp3) is 0.476. The molecule has 2 aromatic rings. The van der Waals surface area contributed by atoms with Crippen molar-refractivity contribution in [2.24, 2.45) is 0 Å². The van der Waals surface area contributed by atoms with E-state index in [2.05, 4.69) is 15.3 Å². The number of anilines is 2. The lowest BCUT2D eigenvalue weighted by Crippen LogP contribution is -2.41. The minimum Gasteiger partial charge on any atom is -0.381 e. The Labute approximate surface area is 188 Å². The third-order valence-electron chi connectivity index (χ3n) is 5.74. The Morgan fingerprint density at radius 1 is 1.28 bits per heavy atom. The molecule has 172 valence electrons. The van der Waals surface area contributed by atoms with E-state index in [4.69, 9.17) is 16.3 Å². The molecule has 3 heterocycles. The van der Waals surface area contributed by atoms with Gasteiger partial charge in [0.2, 0.25) is 0 Å². The van der Waals surface area contributed by atoms with Gasteiger partial charge in [0.05, 0.1) is 17.9 Å². The number of halogens is 4. The van der Waals surface area contributed by atoms with Crippen molar-refractivity contribution < 1.29 is 22.7 Å². The van der Waals surface area contributed by atoms with Crippen LogP contribution in [0, 0.1) is 0 Å². The van der Waals surface area contributed by atoms with Crippen LogP contribution in [0.4, 0.5) is 24.8 Å². The first kappa shape index (κ1) is 22.6. The quantitative estimate of drug-likeness (QED) is 0.734. The van der Waals surface area contributed by atoms with Gasteiger partial charge in [-0.1, -0.05) is 11.6 Å². The minimum atomic E-state index is -4.51. The van der Waals surface area contributed by atoms with Crippen molar-refractivity contribution >= 4 is 29.1 Å². The lowest BCUT2D eigenvalue weighted by atomic mass is 10.1. The number of fused-ring (bicyclic) bond motifs is 1. The summed E-state index contributed by atoms with van der Waals surface area (Å²) in [6, 6.07) is 3.52. The number of methoxy groups -OCH3 is 1. The standard InChI is InChI=1S/C21H23ClF3N5O2/c1-32-15-4-7-29(8-5-15)20(31)17-11-27-18-19(28-17)30(9-6-26-18)12-13-10-14(22)2-3-16(13)21(23,24)25/h2-3,10-11,15H,4-9,12H2,1H3,(H,26,27). The van der Waals surface area contributed by atoms with Gasteiger partial charge in [0.1, 0.15) is 5.69 Å². The summed E-state index contributed by atoms with van der Waals surface area (Å²) in [6.45, 7) is 1.94. The van der Waals surface area contributed by atoms with Crippen molar-refractivity contribution in [2.75, 3.05) is 43.5 Å². The van der Waals surface area contributed by atoms with Crippen LogP contribution in [0.3, 0.4) is 0 Å². The zero-order valence-electron chi connectivity index (χ0n) is 17.5. The fourth-order valence-electron chi connectivity index (χ4n) is 4.03. The highest BCUT2D eigenvalue weighted by molar-refractivity contribution is 6.30. The summed E-state index contributed by atoms with van der Waals surface area (Å²) in [5.41, 5.74) is -0.545. The van der Waals surface area contributed by atoms with Crippen molar-refractivity contribution in [1.82, 2.24) is 14.9 Å². The third-order valence-corrected chi connectivity index (χ3v) is 5.98. The number of benzene rings is 1. The Bertz CT molecular complexity index is 996. The Morgan fingerprint density at radius 2 is 2.03 bits per heavy atom. The van der Waals surface area contributed by atoms with Gasteiger partial charge in [0.25, 0.3) is 5.91 Å². The highest BCUT2D eigenvalue weighted by atomic mass is 35.5. The summed E-state index contributed by atoms with van der Waals surface area (Å²) < 4.78 is 45.8. The van der Waals surface area contributed by atoms with Crippen LogP contribution in [0.2, 0.25) is 5.02 Å². The number of alkyl halides is 3. The Balaban J connectivity index is 1.59. The lowest BCUT2D eigenvalue weighted by Gasteiger charge is -2.33. The summed E-state index contributed by atoms with van der Waals surface area (Å²) in [7, 11) is 1.66. The number of likely N-dealkylation sites (tertiary alicyclic amines) is 1. The van der Waals surface area contributed by atoms with E-state index in [0.717, 1.165) is 18.9 Å². The van der Waals surface area contributed by atoms with Gasteiger partial charge >= 0.3 is 6.18 Å². The van der Waals surface area contributed by atoms with Crippen LogP contribution in [-0.2, 0) is 17.5 Å². The molecule has 1 saturated heterocycles. The lowest BCUT2D eigenvalue weighted by molar-refractivity contribution is -0.138. The molecule has 1 aromatic carbocycles. The summed E-state index contributed by atoms with van der Waals surface area (Å²) in [4.78, 5) is 25.1. The summed E-state index contributed by atoms with van der Waals surface area (Å²) >= 11 is 5.97. The van der Waals surface area contributed by atoms with E-state index in [1.807, 2.05) is 0 Å². The fourth-order valence-corrected chi connectivity index (χ4v) is 4.22. The van der Waals surface area contributed by atoms with Crippen LogP contribution < -0.4 is 10.2 Å². The second-order valence-corrected chi connectivity index (χ2v) is 8.24. The second kappa shape index (κ2) is 9.11. The van der Waals surface area contributed by atoms with Gasteiger partial charge in [0.15, 0.2) is 11.6 Å². The van der Waals surface area contributed by atoms with Crippen LogP contribution in [-0.4, -0.2) is 60.2 Å². The number of aromatic nitrogens is 2. The van der Waals surface area contributed by atoms with Gasteiger partial charge in [0, 0.05) is 44.9 Å². The molecule has 0 bridgehead atoms. The first-order valence-electron chi connectivity index (χ1n) is 10.3. The molecule has 32 heavy (non-hydrogen) atoms. The Morgan fingerprint density at radius 3 is 2.72 bits per heavy atom. The van der Waals surface area contributed by atoms with Gasteiger partial charge in [-0.05, 0) is 36.6 Å². The number of hydrogen-bond donors (Lipinski definition) is 1. The number of rotatable bonds is 4. The van der Waals surface area contributed by atoms with Crippen molar-refractivity contribution in [1.29, 1.82) is 0 Å². The van der Waals surface area contributed by atoms with E-state index in [0.29, 0.717) is 37.8 Å². The Hall–Kier alpha value is -2.59. The SMILES string of the molecule is COC1CCN(C(=O)c2cnc3c(n2)N(Cc2cc(Cl)ccc2C(F)(F)F)CCN3)CC1. The molecule has 0 spiro atoms. The average Bonchev–Trinajstić information content (AvgIpc) is 2.78. The van der Waals surface area contributed by atoms with Crippen LogP contribution in [0.1, 0.15) is 34.5 Å². The molecule has 1 amide bonds. The van der Waals surface area contributed by atoms with Crippen molar-refractivity contribution in [3.05, 3.63) is 46.2 Å². The molecule has 7 nitrogen and oxygen atoms in total. The first-order valence-corrected chi connectivity index (χ1v) is 10.7. The van der Waals surface area contributed by atoms with Crippen molar-refractivity contribution in [3.8, 4) is 0 Å². The molecule has 0 aliphatic carbocycles. The zero-order chi connectivity index (χ0) is 22.9. The molecule has 11 heteroatoms. The highest BCUT2D eigenvalue weighted by Crippen LogP contribution is 2.35. The maximum absolute atomic E-state index is 13.5. The molecule has 2 aliphatic rings. The number of hydrogen-bond acceptors (Lipinski definition) is 6. The number of nitrogens with zero attached hydrogens (tertiary/aromatic N) is 4. The van der Waals surface area contributed by atoms with Crippen LogP contribution in [0.15, 0.2) is 24.4 Å². The molecule has 0 unspecified atom stereocenters. The summed E-state index contributed by atoms with van der Waals surface area (Å²) in [5.74, 6) is 0.530. The number of nitrogens with one attached hydrogen (secondary N) is 1. The van der Waals surface area contributed by atoms with Gasteiger partial charge in [-0.3, -0.25) is 4.79 Å². The van der Waals surface area contributed by atoms with Crippen molar-refractivity contribution in [3.63, 3.8) is 0 Å². The topological polar surface area (TPSA) is 70.6 Å². The van der Waals surface area contributed by atoms with Gasteiger partial charge in [-0.15, -0.1) is 0 Å². The maximum atomic E-state index is 13.5. The van der Waals surface area contributed by atoms with Crippen LogP contribution in [0.25, 0.3) is 0 Å². The minimum absolute atomic E-state index is 0.0398. The van der Waals surface area contributed by atoms with Gasteiger partial charge in [-0.25, -0.2) is 9.97 Å². The molecule has 0 radical (unpaired) electrons. The number of amides is 1. The molecule has 0 saturated carbocycles. The van der Waals surface area contributed by atoms with E-state index in [9.17, 15) is 18.0 Å². The molecule has 4 rings (SSSR count). The smallest absolute Gasteiger partial charge is 0.381 e. The largest absolute Gasteiger partial charge is 0.416 e. The average molecular weight is 470 g/mol. The number of carbonyl (C=O) groups is 1. The second-order valence-electron chi connectivity index (χ2n) is 7.80. The number of carbonyl (C=O) groups excluding carboxylic acids is 1. The van der Waals surface area contributed by atoms with Crippen molar-refractivity contribution in [2.45, 2.75) is 31.7 Å². The van der Waals surface area contributed by atoms with Gasteiger partial charge < -0.3 is 19.9 Å². The normalized spacial score (nSPS) is 17.2. The van der Waals surface area contributed by atoms with Crippen LogP contribution in [0.5, 0.6) is 0 Å². The molecule has 1 N–H and O–H groups in total. The summed E-state index contributed by atoms with van der Waals surface area (Å²) in [5, 5.41) is 3.31. The van der Waals surface area contributed by atoms with E-state index in [1.54, 1.807) is 16.9 Å². The van der Waals surface area contributed by atoms with E-state index >= 15 is 0 Å². The molecular weight excluding hydrogens is 447 g/mol. The molecular formula is C21H23ClF3N5O2. The molecule has 1 fully saturated rings. The third kappa shape index (κ3) is 4.75. The van der Waals surface area contributed by atoms with E-state index < -0.39 is 11.7 Å². The molecule has 2 aliphatic heterocycles. The van der Waals surface area contributed by atoms with Gasteiger partial charge in [-0.2, -0.15) is 13.2 Å². The zero-order valence-corrected chi connectivity index (χ0v) is 18.2. The van der Waals surface area contributed by atoms with E-state index in [1.165, 1.54) is 18.3 Å².